The molecule has 1 atom stereocenters. The maximum atomic E-state index is 13.5. The zero-order chi connectivity index (χ0) is 25.7. The first kappa shape index (κ1) is 25.2. The van der Waals surface area contributed by atoms with Crippen molar-refractivity contribution in [3.63, 3.8) is 0 Å². The second kappa shape index (κ2) is 11.2. The average Bonchev–Trinajstić information content (AvgIpc) is 2.89. The van der Waals surface area contributed by atoms with E-state index in [0.717, 1.165) is 16.5 Å². The van der Waals surface area contributed by atoms with Crippen molar-refractivity contribution in [2.24, 2.45) is 0 Å². The van der Waals surface area contributed by atoms with Crippen LogP contribution in [0, 0.1) is 5.82 Å². The van der Waals surface area contributed by atoms with Crippen LogP contribution in [0.4, 0.5) is 4.39 Å². The number of ether oxygens (including phenoxy) is 2. The van der Waals surface area contributed by atoms with Crippen LogP contribution in [-0.4, -0.2) is 29.2 Å². The monoisotopic (exact) mass is 505 g/mol. The molecule has 0 saturated heterocycles. The van der Waals surface area contributed by atoms with E-state index in [2.05, 4.69) is 10.3 Å². The number of H-pyrrole nitrogens is 1. The fourth-order valence-corrected chi connectivity index (χ4v) is 4.32. The number of nitrogens with one attached hydrogen (secondary N) is 2. The van der Waals surface area contributed by atoms with Crippen LogP contribution in [0.2, 0.25) is 0 Å². The molecule has 6 nitrogen and oxygen atoms in total. The van der Waals surface area contributed by atoms with E-state index in [-0.39, 0.29) is 24.0 Å². The van der Waals surface area contributed by atoms with Gasteiger partial charge in [0.1, 0.15) is 5.82 Å². The smallest absolute Gasteiger partial charge is 0.253 e. The predicted octanol–water partition coefficient (Wildman–Crippen LogP) is 5.32. The summed E-state index contributed by atoms with van der Waals surface area (Å²) in [5, 5.41) is 4.67. The summed E-state index contributed by atoms with van der Waals surface area (Å²) in [6.07, 6.45) is 0. The zero-order valence-electron chi connectivity index (χ0n) is 20.4. The lowest BCUT2D eigenvalue weighted by Gasteiger charge is -2.28. The van der Waals surface area contributed by atoms with Gasteiger partial charge in [-0.1, -0.05) is 42.5 Å². The Labute approximate surface area is 214 Å². The molecule has 186 valence electrons. The molecule has 1 heterocycles. The molecule has 0 aliphatic carbocycles. The van der Waals surface area contributed by atoms with Crippen molar-refractivity contribution in [1.82, 2.24) is 15.2 Å². The Kier molecular flexibility index (Phi) is 7.85. The molecule has 1 aromatic heterocycles. The second-order valence-corrected chi connectivity index (χ2v) is 8.87. The number of thiocarbonyl (C=S) groups is 1. The van der Waals surface area contributed by atoms with E-state index in [1.807, 2.05) is 54.3 Å². The zero-order valence-corrected chi connectivity index (χ0v) is 21.2. The number of hydrogen-bond acceptors (Lipinski definition) is 4. The molecular weight excluding hydrogens is 477 g/mol. The van der Waals surface area contributed by atoms with E-state index in [0.29, 0.717) is 34.2 Å². The Morgan fingerprint density at radius 2 is 1.67 bits per heavy atom. The number of hydrogen-bond donors (Lipinski definition) is 2. The van der Waals surface area contributed by atoms with E-state index in [1.54, 1.807) is 32.4 Å². The molecule has 1 unspecified atom stereocenters. The van der Waals surface area contributed by atoms with Crippen molar-refractivity contribution in [3.05, 3.63) is 106 Å². The highest BCUT2D eigenvalue weighted by Crippen LogP contribution is 2.31. The minimum atomic E-state index is -0.306. The van der Waals surface area contributed by atoms with Gasteiger partial charge in [-0.05, 0) is 54.5 Å². The van der Waals surface area contributed by atoms with Crippen LogP contribution in [-0.2, 0) is 13.1 Å². The number of aromatic amines is 1. The molecule has 3 aromatic carbocycles. The van der Waals surface area contributed by atoms with Crippen LogP contribution in [0.1, 0.15) is 29.7 Å². The van der Waals surface area contributed by atoms with Crippen molar-refractivity contribution in [3.8, 4) is 11.5 Å². The molecule has 0 aliphatic rings. The average molecular weight is 506 g/mol. The third kappa shape index (κ3) is 5.83. The minimum Gasteiger partial charge on any atom is -0.493 e. The van der Waals surface area contributed by atoms with Gasteiger partial charge in [-0.2, -0.15) is 0 Å². The number of nitrogens with zero attached hydrogens (tertiary/aromatic N) is 1. The molecule has 0 fully saturated rings. The molecule has 0 saturated carbocycles. The maximum absolute atomic E-state index is 13.5. The fraction of sp³-hybridized carbons (Fsp3) is 0.214. The van der Waals surface area contributed by atoms with Gasteiger partial charge in [-0.3, -0.25) is 4.79 Å². The second-order valence-electron chi connectivity index (χ2n) is 8.48. The molecule has 0 amide bonds. The lowest BCUT2D eigenvalue weighted by molar-refractivity contribution is 0.355. The molecule has 36 heavy (non-hydrogen) atoms. The van der Waals surface area contributed by atoms with E-state index in [4.69, 9.17) is 21.7 Å². The largest absolute Gasteiger partial charge is 0.493 e. The van der Waals surface area contributed by atoms with Gasteiger partial charge in [0.05, 0.1) is 32.3 Å². The van der Waals surface area contributed by atoms with Gasteiger partial charge < -0.3 is 24.7 Å². The highest BCUT2D eigenvalue weighted by Gasteiger charge is 2.17. The first-order valence-corrected chi connectivity index (χ1v) is 11.9. The summed E-state index contributed by atoms with van der Waals surface area (Å²) < 4.78 is 24.3. The number of fused-ring (bicyclic) bond motifs is 1. The molecule has 4 aromatic rings. The lowest BCUT2D eigenvalue weighted by atomic mass is 10.1. The maximum Gasteiger partial charge on any atom is 0.253 e. The molecule has 0 bridgehead atoms. The van der Waals surface area contributed by atoms with Crippen LogP contribution in [0.3, 0.4) is 0 Å². The summed E-state index contributed by atoms with van der Waals surface area (Å²) in [5.41, 5.74) is 2.92. The van der Waals surface area contributed by atoms with Crippen molar-refractivity contribution in [1.29, 1.82) is 0 Å². The Morgan fingerprint density at radius 1 is 1.00 bits per heavy atom. The van der Waals surface area contributed by atoms with E-state index >= 15 is 0 Å². The lowest BCUT2D eigenvalue weighted by Crippen LogP contribution is -2.41. The van der Waals surface area contributed by atoms with E-state index in [1.165, 1.54) is 12.1 Å². The fourth-order valence-electron chi connectivity index (χ4n) is 4.01. The Hall–Kier alpha value is -3.91. The van der Waals surface area contributed by atoms with E-state index in [9.17, 15) is 9.18 Å². The van der Waals surface area contributed by atoms with Crippen LogP contribution in [0.15, 0.2) is 77.6 Å². The molecule has 4 rings (SSSR count). The van der Waals surface area contributed by atoms with Crippen molar-refractivity contribution in [2.75, 3.05) is 14.2 Å². The summed E-state index contributed by atoms with van der Waals surface area (Å²) in [6, 6.07) is 21.6. The molecule has 0 aliphatic heterocycles. The SMILES string of the molecule is COc1cc2cc(CN(Cc3ccc(F)cc3)C(=S)NC(C)c3ccccc3)c(=O)[nH]c2cc1OC. The summed E-state index contributed by atoms with van der Waals surface area (Å²) in [6.45, 7) is 2.68. The number of rotatable bonds is 8. The first-order valence-electron chi connectivity index (χ1n) is 11.5. The molecule has 2 N–H and O–H groups in total. The van der Waals surface area contributed by atoms with Crippen LogP contribution in [0.25, 0.3) is 10.9 Å². The predicted molar refractivity (Wildman–Crippen MR) is 144 cm³/mol. The standard InChI is InChI=1S/C28H28FN3O3S/c1-18(20-7-5-4-6-8-20)30-28(36)32(16-19-9-11-23(29)12-10-19)17-22-13-21-14-25(34-2)26(35-3)15-24(21)31-27(22)33/h4-15,18H,16-17H2,1-3H3,(H,30,36)(H,31,33). The van der Waals surface area contributed by atoms with Gasteiger partial charge in [-0.15, -0.1) is 0 Å². The van der Waals surface area contributed by atoms with Crippen LogP contribution in [0.5, 0.6) is 11.5 Å². The summed E-state index contributed by atoms with van der Waals surface area (Å²) in [5.74, 6) is 0.797. The van der Waals surface area contributed by atoms with Gasteiger partial charge in [0.25, 0.3) is 5.56 Å². The summed E-state index contributed by atoms with van der Waals surface area (Å²) in [7, 11) is 3.12. The molecule has 0 radical (unpaired) electrons. The summed E-state index contributed by atoms with van der Waals surface area (Å²) in [4.78, 5) is 17.9. The van der Waals surface area contributed by atoms with Crippen LogP contribution < -0.4 is 20.3 Å². The summed E-state index contributed by atoms with van der Waals surface area (Å²) >= 11 is 5.78. The molecule has 8 heteroatoms. The molecule has 0 spiro atoms. The molecular formula is C28H28FN3O3S. The Balaban J connectivity index is 1.65. The van der Waals surface area contributed by atoms with Gasteiger partial charge >= 0.3 is 0 Å². The van der Waals surface area contributed by atoms with Crippen LogP contribution >= 0.6 is 12.2 Å². The van der Waals surface area contributed by atoms with Crippen molar-refractivity contribution in [2.45, 2.75) is 26.1 Å². The van der Waals surface area contributed by atoms with Crippen molar-refractivity contribution < 1.29 is 13.9 Å². The topological polar surface area (TPSA) is 66.6 Å². The number of aromatic nitrogens is 1. The van der Waals surface area contributed by atoms with E-state index < -0.39 is 0 Å². The third-order valence-corrected chi connectivity index (χ3v) is 6.38. The quantitative estimate of drug-likeness (QED) is 0.316. The Morgan fingerprint density at radius 3 is 2.33 bits per heavy atom. The van der Waals surface area contributed by atoms with Gasteiger partial charge in [-0.25, -0.2) is 4.39 Å². The number of benzene rings is 3. The van der Waals surface area contributed by atoms with Gasteiger partial charge in [0, 0.05) is 23.6 Å². The minimum absolute atomic E-state index is 0.0407. The number of methoxy groups -OCH3 is 2. The van der Waals surface area contributed by atoms with Crippen molar-refractivity contribution >= 4 is 28.2 Å². The number of pyridine rings is 1. The Bertz CT molecular complexity index is 1410. The first-order chi connectivity index (χ1) is 17.4. The normalized spacial score (nSPS) is 11.7. The van der Waals surface area contributed by atoms with Gasteiger partial charge in [0.15, 0.2) is 16.6 Å². The van der Waals surface area contributed by atoms with Gasteiger partial charge in [0.2, 0.25) is 0 Å². The highest BCUT2D eigenvalue weighted by atomic mass is 32.1. The third-order valence-electron chi connectivity index (χ3n) is 6.00. The number of halogens is 1. The highest BCUT2D eigenvalue weighted by molar-refractivity contribution is 7.80.